The first kappa shape index (κ1) is 17.7. The zero-order chi connectivity index (χ0) is 13.8. The molecule has 18 heavy (non-hydrogen) atoms. The number of halogens is 1. The normalized spacial score (nSPS) is 15.4. The van der Waals surface area contributed by atoms with Gasteiger partial charge in [-0.2, -0.15) is 0 Å². The molecule has 0 aromatic rings. The molecule has 0 radical (unpaired) electrons. The quantitative estimate of drug-likeness (QED) is 0.261. The van der Waals surface area contributed by atoms with Crippen LogP contribution in [0.2, 0.25) is 0 Å². The zero-order valence-corrected chi connectivity index (χ0v) is 14.1. The highest BCUT2D eigenvalue weighted by Crippen LogP contribution is 2.17. The van der Waals surface area contributed by atoms with E-state index in [-0.39, 0.29) is 0 Å². The summed E-state index contributed by atoms with van der Waals surface area (Å²) in [4.78, 5) is 0. The van der Waals surface area contributed by atoms with Gasteiger partial charge in [0.05, 0.1) is 0 Å². The summed E-state index contributed by atoms with van der Waals surface area (Å²) in [6, 6.07) is 0. The van der Waals surface area contributed by atoms with E-state index in [0.29, 0.717) is 0 Å². The smallest absolute Gasteiger partial charge is 0.0217 e. The molecule has 1 unspecified atom stereocenters. The molecular weight excluding hydrogens is 284 g/mol. The van der Waals surface area contributed by atoms with E-state index in [2.05, 4.69) is 67.9 Å². The first-order chi connectivity index (χ1) is 8.63. The molecule has 0 nitrogen and oxygen atoms in total. The van der Waals surface area contributed by atoms with E-state index in [9.17, 15) is 0 Å². The van der Waals surface area contributed by atoms with Gasteiger partial charge in [0.1, 0.15) is 0 Å². The highest BCUT2D eigenvalue weighted by atomic mass is 79.9. The van der Waals surface area contributed by atoms with Crippen LogP contribution in [0.25, 0.3) is 0 Å². The molecule has 0 N–H and O–H groups in total. The van der Waals surface area contributed by atoms with E-state index in [4.69, 9.17) is 0 Å². The Labute approximate surface area is 122 Å². The summed E-state index contributed by atoms with van der Waals surface area (Å²) in [6.45, 7) is 8.92. The van der Waals surface area contributed by atoms with Gasteiger partial charge in [-0.05, 0) is 45.4 Å². The van der Waals surface area contributed by atoms with Crippen LogP contribution in [0.1, 0.15) is 59.8 Å². The van der Waals surface area contributed by atoms with E-state index >= 15 is 0 Å². The standard InChI is InChI=1S/C17H29Br/c1-5-15(3)9-7-11-17(6-2)12-8-10-16(4)13-14-18/h8-10,13,17H,5-7,11-12,14H2,1-4H3. The summed E-state index contributed by atoms with van der Waals surface area (Å²) < 4.78 is 0. The number of rotatable bonds is 9. The van der Waals surface area contributed by atoms with E-state index in [1.165, 1.54) is 43.3 Å². The molecule has 0 fully saturated rings. The van der Waals surface area contributed by atoms with Crippen LogP contribution < -0.4 is 0 Å². The van der Waals surface area contributed by atoms with Gasteiger partial charge in [-0.15, -0.1) is 0 Å². The summed E-state index contributed by atoms with van der Waals surface area (Å²) >= 11 is 3.42. The van der Waals surface area contributed by atoms with E-state index in [1.807, 2.05) is 0 Å². The Morgan fingerprint density at radius 2 is 1.89 bits per heavy atom. The maximum Gasteiger partial charge on any atom is 0.0217 e. The molecule has 0 aromatic heterocycles. The van der Waals surface area contributed by atoms with Crippen molar-refractivity contribution >= 4 is 15.9 Å². The molecule has 0 bridgehead atoms. The monoisotopic (exact) mass is 312 g/mol. The Bertz CT molecular complexity index is 284. The molecule has 0 spiro atoms. The fraction of sp³-hybridized carbons (Fsp3) is 0.647. The predicted molar refractivity (Wildman–Crippen MR) is 88.4 cm³/mol. The first-order valence-corrected chi connectivity index (χ1v) is 8.31. The van der Waals surface area contributed by atoms with Crippen molar-refractivity contribution in [3.05, 3.63) is 35.5 Å². The molecule has 1 heteroatoms. The lowest BCUT2D eigenvalue weighted by molar-refractivity contribution is 0.480. The summed E-state index contributed by atoms with van der Waals surface area (Å²) in [7, 11) is 0. The Morgan fingerprint density at radius 3 is 2.44 bits per heavy atom. The van der Waals surface area contributed by atoms with Crippen LogP contribution in [0.4, 0.5) is 0 Å². The summed E-state index contributed by atoms with van der Waals surface area (Å²) in [5.41, 5.74) is 2.87. The van der Waals surface area contributed by atoms with Crippen LogP contribution in [0.15, 0.2) is 35.5 Å². The lowest BCUT2D eigenvalue weighted by Gasteiger charge is -2.11. The molecule has 0 saturated heterocycles. The lowest BCUT2D eigenvalue weighted by Crippen LogP contribution is -1.96. The second-order valence-electron chi connectivity index (χ2n) is 5.00. The molecule has 0 aliphatic carbocycles. The first-order valence-electron chi connectivity index (χ1n) is 7.18. The summed E-state index contributed by atoms with van der Waals surface area (Å²) in [5.74, 6) is 0.832. The highest BCUT2D eigenvalue weighted by Gasteiger charge is 2.02. The molecule has 0 heterocycles. The Hall–Kier alpha value is -0.300. The second-order valence-corrected chi connectivity index (χ2v) is 5.64. The Kier molecular flexibility index (Phi) is 11.6. The van der Waals surface area contributed by atoms with Crippen LogP contribution in [0.5, 0.6) is 0 Å². The number of allylic oxidation sites excluding steroid dienone is 6. The van der Waals surface area contributed by atoms with Crippen molar-refractivity contribution in [3.63, 3.8) is 0 Å². The van der Waals surface area contributed by atoms with Crippen molar-refractivity contribution in [1.29, 1.82) is 0 Å². The topological polar surface area (TPSA) is 0 Å². The maximum atomic E-state index is 3.42. The third-order valence-electron chi connectivity index (χ3n) is 3.45. The van der Waals surface area contributed by atoms with Gasteiger partial charge in [-0.25, -0.2) is 0 Å². The van der Waals surface area contributed by atoms with Crippen molar-refractivity contribution < 1.29 is 0 Å². The molecule has 0 amide bonds. The molecule has 0 rings (SSSR count). The fourth-order valence-corrected chi connectivity index (χ4v) is 2.35. The number of hydrogen-bond donors (Lipinski definition) is 0. The average Bonchev–Trinajstić information content (AvgIpc) is 2.36. The van der Waals surface area contributed by atoms with Crippen LogP contribution >= 0.6 is 15.9 Å². The van der Waals surface area contributed by atoms with Gasteiger partial charge in [0.25, 0.3) is 0 Å². The Balaban J connectivity index is 4.01. The van der Waals surface area contributed by atoms with E-state index < -0.39 is 0 Å². The van der Waals surface area contributed by atoms with Crippen molar-refractivity contribution in [2.75, 3.05) is 5.33 Å². The van der Waals surface area contributed by atoms with Crippen LogP contribution in [0.3, 0.4) is 0 Å². The van der Waals surface area contributed by atoms with Gasteiger partial charge < -0.3 is 0 Å². The SMILES string of the molecule is CCC(C)=CCCC(CC)CC=CC(C)=CCBr. The molecular formula is C17H29Br. The van der Waals surface area contributed by atoms with Gasteiger partial charge in [-0.1, -0.05) is 71.6 Å². The van der Waals surface area contributed by atoms with Crippen molar-refractivity contribution in [2.45, 2.75) is 59.8 Å². The minimum absolute atomic E-state index is 0.832. The highest BCUT2D eigenvalue weighted by molar-refractivity contribution is 9.09. The van der Waals surface area contributed by atoms with Crippen LogP contribution in [-0.4, -0.2) is 5.33 Å². The zero-order valence-electron chi connectivity index (χ0n) is 12.5. The van der Waals surface area contributed by atoms with Crippen molar-refractivity contribution in [1.82, 2.24) is 0 Å². The summed E-state index contributed by atoms with van der Waals surface area (Å²) in [5, 5.41) is 0.946. The third kappa shape index (κ3) is 9.70. The molecule has 0 aromatic carbocycles. The van der Waals surface area contributed by atoms with Gasteiger partial charge in [0.2, 0.25) is 0 Å². The Morgan fingerprint density at radius 1 is 1.17 bits per heavy atom. The molecule has 104 valence electrons. The predicted octanol–water partition coefficient (Wildman–Crippen LogP) is 6.44. The van der Waals surface area contributed by atoms with Gasteiger partial charge >= 0.3 is 0 Å². The van der Waals surface area contributed by atoms with Gasteiger partial charge in [0, 0.05) is 5.33 Å². The summed E-state index contributed by atoms with van der Waals surface area (Å²) in [6.07, 6.45) is 15.4. The largest absolute Gasteiger partial charge is 0.0883 e. The molecule has 0 aliphatic heterocycles. The maximum absolute atomic E-state index is 3.42. The molecule has 1 atom stereocenters. The van der Waals surface area contributed by atoms with Crippen LogP contribution in [-0.2, 0) is 0 Å². The number of alkyl halides is 1. The average molecular weight is 313 g/mol. The van der Waals surface area contributed by atoms with E-state index in [1.54, 1.807) is 0 Å². The third-order valence-corrected chi connectivity index (χ3v) is 3.78. The van der Waals surface area contributed by atoms with Gasteiger partial charge in [0.15, 0.2) is 0 Å². The minimum atomic E-state index is 0.832. The fourth-order valence-electron chi connectivity index (χ4n) is 1.83. The minimum Gasteiger partial charge on any atom is -0.0883 e. The van der Waals surface area contributed by atoms with Gasteiger partial charge in [-0.3, -0.25) is 0 Å². The molecule has 0 aliphatic rings. The lowest BCUT2D eigenvalue weighted by atomic mass is 9.95. The number of hydrogen-bond acceptors (Lipinski definition) is 0. The van der Waals surface area contributed by atoms with Crippen LogP contribution in [0, 0.1) is 5.92 Å². The van der Waals surface area contributed by atoms with E-state index in [0.717, 1.165) is 11.2 Å². The van der Waals surface area contributed by atoms with Crippen molar-refractivity contribution in [3.8, 4) is 0 Å². The second kappa shape index (κ2) is 11.8. The molecule has 0 saturated carbocycles. The van der Waals surface area contributed by atoms with Crippen molar-refractivity contribution in [2.24, 2.45) is 5.92 Å².